The van der Waals surface area contributed by atoms with Gasteiger partial charge in [-0.2, -0.15) is 13.2 Å². The van der Waals surface area contributed by atoms with E-state index in [9.17, 15) is 18.3 Å². The molecule has 0 bridgehead atoms. The molecule has 0 amide bonds. The van der Waals surface area contributed by atoms with Gasteiger partial charge in [0.25, 0.3) is 0 Å². The zero-order chi connectivity index (χ0) is 17.6. The molecule has 1 atom stereocenters. The van der Waals surface area contributed by atoms with Crippen molar-refractivity contribution in [2.24, 2.45) is 0 Å². The van der Waals surface area contributed by atoms with E-state index in [0.717, 1.165) is 36.2 Å². The number of aromatic amines is 1. The van der Waals surface area contributed by atoms with Crippen molar-refractivity contribution >= 4 is 22.7 Å². The second-order valence-electron chi connectivity index (χ2n) is 6.28. The number of hydrogen-bond acceptors (Lipinski definition) is 3. The molecule has 25 heavy (non-hydrogen) atoms. The number of nitrogens with zero attached hydrogens (tertiary/aromatic N) is 1. The van der Waals surface area contributed by atoms with Crippen molar-refractivity contribution in [3.05, 3.63) is 53.1 Å². The van der Waals surface area contributed by atoms with Gasteiger partial charge in [-0.15, -0.1) is 0 Å². The van der Waals surface area contributed by atoms with Gasteiger partial charge in [-0.3, -0.25) is 0 Å². The smallest absolute Gasteiger partial charge is 0.393 e. The molecule has 1 aliphatic rings. The fraction of sp³-hybridized carbons (Fsp3) is 0.278. The number of anilines is 2. The quantitative estimate of drug-likeness (QED) is 0.652. The first-order valence-corrected chi connectivity index (χ1v) is 8.03. The minimum Gasteiger partial charge on any atom is -0.393 e. The zero-order valence-corrected chi connectivity index (χ0v) is 13.2. The molecule has 1 aliphatic carbocycles. The van der Waals surface area contributed by atoms with Crippen LogP contribution < -0.4 is 5.32 Å². The second-order valence-corrected chi connectivity index (χ2v) is 6.28. The van der Waals surface area contributed by atoms with E-state index >= 15 is 0 Å². The lowest BCUT2D eigenvalue weighted by Gasteiger charge is -2.23. The van der Waals surface area contributed by atoms with E-state index in [1.807, 2.05) is 18.2 Å². The van der Waals surface area contributed by atoms with Gasteiger partial charge in [0.1, 0.15) is 0 Å². The molecule has 7 heteroatoms. The molecule has 0 aliphatic heterocycles. The van der Waals surface area contributed by atoms with Gasteiger partial charge in [0.2, 0.25) is 5.95 Å². The Kier molecular flexibility index (Phi) is 3.68. The van der Waals surface area contributed by atoms with Crippen molar-refractivity contribution in [1.29, 1.82) is 0 Å². The lowest BCUT2D eigenvalue weighted by Crippen LogP contribution is -2.19. The van der Waals surface area contributed by atoms with Crippen LogP contribution in [0.5, 0.6) is 0 Å². The average Bonchev–Trinajstić information content (AvgIpc) is 2.96. The van der Waals surface area contributed by atoms with Crippen LogP contribution in [-0.2, 0) is 19.0 Å². The number of aryl methyl sites for hydroxylation is 1. The third-order valence-corrected chi connectivity index (χ3v) is 4.52. The molecule has 2 aromatic carbocycles. The molecule has 3 N–H and O–H groups in total. The summed E-state index contributed by atoms with van der Waals surface area (Å²) in [6.45, 7) is 0. The molecule has 0 fully saturated rings. The summed E-state index contributed by atoms with van der Waals surface area (Å²) in [7, 11) is 0. The van der Waals surface area contributed by atoms with Crippen LogP contribution in [0.1, 0.15) is 23.1 Å². The van der Waals surface area contributed by atoms with E-state index in [4.69, 9.17) is 0 Å². The van der Waals surface area contributed by atoms with E-state index < -0.39 is 11.7 Å². The van der Waals surface area contributed by atoms with Crippen LogP contribution in [-0.4, -0.2) is 21.2 Å². The van der Waals surface area contributed by atoms with Gasteiger partial charge in [-0.05, 0) is 48.2 Å². The van der Waals surface area contributed by atoms with E-state index in [1.54, 1.807) is 0 Å². The van der Waals surface area contributed by atoms with Gasteiger partial charge >= 0.3 is 6.18 Å². The third kappa shape index (κ3) is 3.07. The van der Waals surface area contributed by atoms with Crippen LogP contribution >= 0.6 is 0 Å². The summed E-state index contributed by atoms with van der Waals surface area (Å²) in [6.07, 6.45) is -2.67. The van der Waals surface area contributed by atoms with Gasteiger partial charge in [-0.25, -0.2) is 4.98 Å². The van der Waals surface area contributed by atoms with Crippen LogP contribution in [0.2, 0.25) is 0 Å². The monoisotopic (exact) mass is 347 g/mol. The Labute approximate surface area is 141 Å². The number of halogens is 3. The summed E-state index contributed by atoms with van der Waals surface area (Å²) in [5.74, 6) is 0.378. The predicted octanol–water partition coefficient (Wildman–Crippen LogP) is 4.17. The highest BCUT2D eigenvalue weighted by molar-refractivity contribution is 5.79. The van der Waals surface area contributed by atoms with E-state index in [1.165, 1.54) is 11.6 Å². The number of alkyl halides is 3. The van der Waals surface area contributed by atoms with Gasteiger partial charge < -0.3 is 15.4 Å². The predicted molar refractivity (Wildman–Crippen MR) is 88.9 cm³/mol. The second kappa shape index (κ2) is 5.77. The number of H-pyrrole nitrogens is 1. The number of aromatic nitrogens is 2. The molecule has 0 saturated carbocycles. The standard InChI is InChI=1S/C18H16F3N3O/c19-18(20,21)11-5-7-15-16(8-11)24-17(23-15)22-14-3-1-2-10-4-6-12(25)9-13(10)14/h1-3,5,7-8,12,25H,4,6,9H2,(H2,22,23,24)/t12-/m1/s1. The Bertz CT molecular complexity index is 933. The summed E-state index contributed by atoms with van der Waals surface area (Å²) in [6, 6.07) is 9.25. The number of hydrogen-bond donors (Lipinski definition) is 3. The molecule has 1 aromatic heterocycles. The molecule has 1 heterocycles. The van der Waals surface area contributed by atoms with E-state index in [-0.39, 0.29) is 6.10 Å². The topological polar surface area (TPSA) is 60.9 Å². The SMILES string of the molecule is O[C@@H]1CCc2cccc(Nc3nc4ccc(C(F)(F)F)cc4[nH]3)c2C1. The van der Waals surface area contributed by atoms with Crippen LogP contribution in [0, 0.1) is 0 Å². The number of nitrogens with one attached hydrogen (secondary N) is 2. The highest BCUT2D eigenvalue weighted by atomic mass is 19.4. The van der Waals surface area contributed by atoms with Crippen molar-refractivity contribution in [3.63, 3.8) is 0 Å². The molecular weight excluding hydrogens is 331 g/mol. The molecule has 0 saturated heterocycles. The van der Waals surface area contributed by atoms with Gasteiger partial charge in [0.05, 0.1) is 22.7 Å². The number of aliphatic hydroxyl groups excluding tert-OH is 1. The minimum atomic E-state index is -4.39. The Hall–Kier alpha value is -2.54. The molecule has 4 nitrogen and oxygen atoms in total. The summed E-state index contributed by atoms with van der Waals surface area (Å²) in [5, 5.41) is 13.1. The van der Waals surface area contributed by atoms with Crippen molar-refractivity contribution in [2.45, 2.75) is 31.5 Å². The molecule has 0 spiro atoms. The lowest BCUT2D eigenvalue weighted by atomic mass is 9.88. The van der Waals surface area contributed by atoms with Crippen LogP contribution in [0.15, 0.2) is 36.4 Å². The molecule has 0 unspecified atom stereocenters. The van der Waals surface area contributed by atoms with Crippen molar-refractivity contribution in [2.75, 3.05) is 5.32 Å². The maximum Gasteiger partial charge on any atom is 0.416 e. The normalized spacial score (nSPS) is 17.5. The molecule has 3 aromatic rings. The van der Waals surface area contributed by atoms with E-state index in [0.29, 0.717) is 23.4 Å². The molecular formula is C18H16F3N3O. The largest absolute Gasteiger partial charge is 0.416 e. The van der Waals surface area contributed by atoms with Crippen molar-refractivity contribution < 1.29 is 18.3 Å². The Morgan fingerprint density at radius 2 is 2.04 bits per heavy atom. The fourth-order valence-corrected chi connectivity index (χ4v) is 3.26. The van der Waals surface area contributed by atoms with Crippen LogP contribution in [0.25, 0.3) is 11.0 Å². The van der Waals surface area contributed by atoms with Crippen molar-refractivity contribution in [3.8, 4) is 0 Å². The summed E-state index contributed by atoms with van der Waals surface area (Å²) in [4.78, 5) is 7.19. The Morgan fingerprint density at radius 1 is 1.20 bits per heavy atom. The highest BCUT2D eigenvalue weighted by Gasteiger charge is 2.30. The number of fused-ring (bicyclic) bond motifs is 2. The Balaban J connectivity index is 1.68. The minimum absolute atomic E-state index is 0.321. The Morgan fingerprint density at radius 3 is 2.84 bits per heavy atom. The zero-order valence-electron chi connectivity index (χ0n) is 13.2. The first kappa shape index (κ1) is 16.0. The van der Waals surface area contributed by atoms with Crippen LogP contribution in [0.3, 0.4) is 0 Å². The molecule has 0 radical (unpaired) electrons. The van der Waals surface area contributed by atoms with Gasteiger partial charge in [0, 0.05) is 12.1 Å². The summed E-state index contributed by atoms with van der Waals surface area (Å²) >= 11 is 0. The van der Waals surface area contributed by atoms with Crippen LogP contribution in [0.4, 0.5) is 24.8 Å². The summed E-state index contributed by atoms with van der Waals surface area (Å²) < 4.78 is 38.5. The van der Waals surface area contributed by atoms with Crippen molar-refractivity contribution in [1.82, 2.24) is 9.97 Å². The first-order chi connectivity index (χ1) is 11.9. The lowest BCUT2D eigenvalue weighted by molar-refractivity contribution is -0.137. The number of aliphatic hydroxyl groups is 1. The van der Waals surface area contributed by atoms with E-state index in [2.05, 4.69) is 15.3 Å². The number of rotatable bonds is 2. The number of benzene rings is 2. The maximum atomic E-state index is 12.8. The average molecular weight is 347 g/mol. The van der Waals surface area contributed by atoms with Gasteiger partial charge in [-0.1, -0.05) is 12.1 Å². The molecule has 130 valence electrons. The maximum absolute atomic E-state index is 12.8. The molecule has 4 rings (SSSR count). The fourth-order valence-electron chi connectivity index (χ4n) is 3.26. The highest BCUT2D eigenvalue weighted by Crippen LogP contribution is 2.33. The first-order valence-electron chi connectivity index (χ1n) is 8.03. The third-order valence-electron chi connectivity index (χ3n) is 4.52. The van der Waals surface area contributed by atoms with Gasteiger partial charge in [0.15, 0.2) is 0 Å². The summed E-state index contributed by atoms with van der Waals surface area (Å²) in [5.41, 5.74) is 3.08. The number of imidazole rings is 1.